The number of piperazine rings is 1. The standard InChI is InChI=1S/C18H20BrN3O4S/c1-2-26-17-16(7-4-8-20-17)18(23)21-9-11-22(12-10-21)27(24,25)15-6-3-5-14(19)13-15/h3-8,13H,2,9-12H2,1H3. The quantitative estimate of drug-likeness (QED) is 0.694. The van der Waals surface area contributed by atoms with Gasteiger partial charge in [-0.2, -0.15) is 4.31 Å². The van der Waals surface area contributed by atoms with Gasteiger partial charge >= 0.3 is 0 Å². The minimum Gasteiger partial charge on any atom is -0.477 e. The van der Waals surface area contributed by atoms with Gasteiger partial charge in [-0.1, -0.05) is 22.0 Å². The van der Waals surface area contributed by atoms with Crippen LogP contribution in [0.2, 0.25) is 0 Å². The van der Waals surface area contributed by atoms with E-state index < -0.39 is 10.0 Å². The molecule has 9 heteroatoms. The molecule has 27 heavy (non-hydrogen) atoms. The van der Waals surface area contributed by atoms with Crippen LogP contribution in [0.1, 0.15) is 17.3 Å². The van der Waals surface area contributed by atoms with Crippen LogP contribution in [-0.4, -0.2) is 61.3 Å². The van der Waals surface area contributed by atoms with Gasteiger partial charge in [0.15, 0.2) is 0 Å². The maximum atomic E-state index is 12.8. The summed E-state index contributed by atoms with van der Waals surface area (Å²) in [4.78, 5) is 18.8. The van der Waals surface area contributed by atoms with Crippen molar-refractivity contribution < 1.29 is 17.9 Å². The van der Waals surface area contributed by atoms with Gasteiger partial charge in [-0.05, 0) is 37.3 Å². The summed E-state index contributed by atoms with van der Waals surface area (Å²) in [6, 6.07) is 9.97. The van der Waals surface area contributed by atoms with Gasteiger partial charge < -0.3 is 9.64 Å². The zero-order chi connectivity index (χ0) is 19.4. The zero-order valence-electron chi connectivity index (χ0n) is 14.8. The number of hydrogen-bond donors (Lipinski definition) is 0. The number of carbonyl (C=O) groups excluding carboxylic acids is 1. The first kappa shape index (κ1) is 19.8. The summed E-state index contributed by atoms with van der Waals surface area (Å²) < 4.78 is 33.1. The van der Waals surface area contributed by atoms with Crippen molar-refractivity contribution in [3.63, 3.8) is 0 Å². The molecule has 0 N–H and O–H groups in total. The number of rotatable bonds is 5. The molecule has 7 nitrogen and oxygen atoms in total. The lowest BCUT2D eigenvalue weighted by atomic mass is 10.2. The largest absolute Gasteiger partial charge is 0.477 e. The molecule has 0 radical (unpaired) electrons. The Morgan fingerprint density at radius 1 is 1.19 bits per heavy atom. The molecular formula is C18H20BrN3O4S. The Kier molecular flexibility index (Phi) is 6.13. The van der Waals surface area contributed by atoms with Crippen molar-refractivity contribution in [2.45, 2.75) is 11.8 Å². The SMILES string of the molecule is CCOc1ncccc1C(=O)N1CCN(S(=O)(=O)c2cccc(Br)c2)CC1. The molecule has 1 aromatic heterocycles. The van der Waals surface area contributed by atoms with Gasteiger partial charge in [-0.3, -0.25) is 4.79 Å². The molecule has 0 atom stereocenters. The number of amides is 1. The Morgan fingerprint density at radius 3 is 2.59 bits per heavy atom. The fourth-order valence-corrected chi connectivity index (χ4v) is 4.90. The smallest absolute Gasteiger partial charge is 0.259 e. The number of nitrogens with zero attached hydrogens (tertiary/aromatic N) is 3. The minimum absolute atomic E-state index is 0.203. The normalized spacial score (nSPS) is 15.6. The highest BCUT2D eigenvalue weighted by molar-refractivity contribution is 9.10. The van der Waals surface area contributed by atoms with Gasteiger partial charge in [0.05, 0.1) is 11.5 Å². The summed E-state index contributed by atoms with van der Waals surface area (Å²) in [7, 11) is -3.59. The second-order valence-corrected chi connectivity index (χ2v) is 8.80. The molecule has 0 spiro atoms. The van der Waals surface area contributed by atoms with Crippen molar-refractivity contribution in [1.82, 2.24) is 14.2 Å². The van der Waals surface area contributed by atoms with Gasteiger partial charge in [-0.25, -0.2) is 13.4 Å². The third-order valence-corrected chi connectivity index (χ3v) is 6.63. The zero-order valence-corrected chi connectivity index (χ0v) is 17.2. The molecule has 3 rings (SSSR count). The van der Waals surface area contributed by atoms with Crippen LogP contribution >= 0.6 is 15.9 Å². The van der Waals surface area contributed by atoms with E-state index in [1.807, 2.05) is 6.92 Å². The van der Waals surface area contributed by atoms with Gasteiger partial charge in [-0.15, -0.1) is 0 Å². The average Bonchev–Trinajstić information content (AvgIpc) is 2.68. The van der Waals surface area contributed by atoms with Crippen molar-refractivity contribution in [3.05, 3.63) is 52.6 Å². The summed E-state index contributed by atoms with van der Waals surface area (Å²) in [5, 5.41) is 0. The first-order chi connectivity index (χ1) is 12.9. The van der Waals surface area contributed by atoms with Crippen LogP contribution in [0.25, 0.3) is 0 Å². The van der Waals surface area contributed by atoms with E-state index in [2.05, 4.69) is 20.9 Å². The molecule has 1 fully saturated rings. The molecule has 1 aromatic carbocycles. The van der Waals surface area contributed by atoms with E-state index in [0.29, 0.717) is 35.6 Å². The topological polar surface area (TPSA) is 79.8 Å². The third-order valence-electron chi connectivity index (χ3n) is 4.24. The second-order valence-electron chi connectivity index (χ2n) is 5.94. The van der Waals surface area contributed by atoms with Crippen LogP contribution in [-0.2, 0) is 10.0 Å². The van der Waals surface area contributed by atoms with E-state index in [0.717, 1.165) is 0 Å². The van der Waals surface area contributed by atoms with Crippen LogP contribution in [0, 0.1) is 0 Å². The van der Waals surface area contributed by atoms with Crippen LogP contribution in [0.5, 0.6) is 5.88 Å². The predicted molar refractivity (Wildman–Crippen MR) is 104 cm³/mol. The molecule has 2 heterocycles. The van der Waals surface area contributed by atoms with Crippen molar-refractivity contribution in [3.8, 4) is 5.88 Å². The number of pyridine rings is 1. The van der Waals surface area contributed by atoms with Crippen molar-refractivity contribution in [2.24, 2.45) is 0 Å². The van der Waals surface area contributed by atoms with E-state index in [1.165, 1.54) is 4.31 Å². The monoisotopic (exact) mass is 453 g/mol. The molecule has 1 aliphatic heterocycles. The first-order valence-electron chi connectivity index (χ1n) is 8.56. The number of halogens is 1. The van der Waals surface area contributed by atoms with Crippen LogP contribution in [0.4, 0.5) is 0 Å². The Bertz CT molecular complexity index is 928. The number of aromatic nitrogens is 1. The number of carbonyl (C=O) groups is 1. The highest BCUT2D eigenvalue weighted by Crippen LogP contribution is 2.23. The first-order valence-corrected chi connectivity index (χ1v) is 10.8. The molecule has 0 saturated carbocycles. The highest BCUT2D eigenvalue weighted by atomic mass is 79.9. The minimum atomic E-state index is -3.59. The van der Waals surface area contributed by atoms with Gasteiger partial charge in [0.2, 0.25) is 15.9 Å². The molecule has 0 unspecified atom stereocenters. The lowest BCUT2D eigenvalue weighted by Gasteiger charge is -2.34. The van der Waals surface area contributed by atoms with E-state index in [9.17, 15) is 13.2 Å². The average molecular weight is 454 g/mol. The third kappa shape index (κ3) is 4.31. The summed E-state index contributed by atoms with van der Waals surface area (Å²) in [6.45, 7) is 3.35. The van der Waals surface area contributed by atoms with Crippen molar-refractivity contribution >= 4 is 31.9 Å². The number of ether oxygens (including phenoxy) is 1. The summed E-state index contributed by atoms with van der Waals surface area (Å²) in [6.07, 6.45) is 1.57. The molecule has 1 saturated heterocycles. The molecule has 144 valence electrons. The van der Waals surface area contributed by atoms with Gasteiger partial charge in [0.25, 0.3) is 5.91 Å². The Morgan fingerprint density at radius 2 is 1.93 bits per heavy atom. The predicted octanol–water partition coefficient (Wildman–Crippen LogP) is 2.39. The molecule has 1 aliphatic rings. The van der Waals surface area contributed by atoms with E-state index in [1.54, 1.807) is 47.5 Å². The summed E-state index contributed by atoms with van der Waals surface area (Å²) in [5.41, 5.74) is 0.391. The maximum absolute atomic E-state index is 12.8. The number of benzene rings is 1. The van der Waals surface area contributed by atoms with E-state index >= 15 is 0 Å². The van der Waals surface area contributed by atoms with Gasteiger partial charge in [0.1, 0.15) is 5.56 Å². The van der Waals surface area contributed by atoms with Crippen molar-refractivity contribution in [1.29, 1.82) is 0 Å². The Balaban J connectivity index is 1.71. The molecule has 0 aliphatic carbocycles. The Labute approximate surface area is 167 Å². The van der Waals surface area contributed by atoms with Crippen LogP contribution < -0.4 is 4.74 Å². The number of sulfonamides is 1. The number of hydrogen-bond acceptors (Lipinski definition) is 5. The van der Waals surface area contributed by atoms with Crippen molar-refractivity contribution in [2.75, 3.05) is 32.8 Å². The highest BCUT2D eigenvalue weighted by Gasteiger charge is 2.31. The Hall–Kier alpha value is -1.97. The molecule has 0 bridgehead atoms. The lowest BCUT2D eigenvalue weighted by molar-refractivity contribution is 0.0692. The summed E-state index contributed by atoms with van der Waals surface area (Å²) >= 11 is 3.30. The molecule has 1 amide bonds. The van der Waals surface area contributed by atoms with Gasteiger partial charge in [0, 0.05) is 36.8 Å². The van der Waals surface area contributed by atoms with E-state index in [4.69, 9.17) is 4.74 Å². The van der Waals surface area contributed by atoms with E-state index in [-0.39, 0.29) is 23.9 Å². The fraction of sp³-hybridized carbons (Fsp3) is 0.333. The summed E-state index contributed by atoms with van der Waals surface area (Å²) in [5.74, 6) is 0.0974. The lowest BCUT2D eigenvalue weighted by Crippen LogP contribution is -2.50. The second kappa shape index (κ2) is 8.37. The van der Waals surface area contributed by atoms with Crippen LogP contribution in [0.3, 0.4) is 0 Å². The molecule has 2 aromatic rings. The van der Waals surface area contributed by atoms with Crippen LogP contribution in [0.15, 0.2) is 52.0 Å². The fourth-order valence-electron chi connectivity index (χ4n) is 2.88. The molecular weight excluding hydrogens is 434 g/mol. The maximum Gasteiger partial charge on any atom is 0.259 e.